The number of nitrogens with zero attached hydrogens (tertiary/aromatic N) is 3. The summed E-state index contributed by atoms with van der Waals surface area (Å²) in [5.74, 6) is 0.670. The second kappa shape index (κ2) is 12.1. The van der Waals surface area contributed by atoms with Gasteiger partial charge in [0.1, 0.15) is 6.61 Å². The summed E-state index contributed by atoms with van der Waals surface area (Å²) in [4.78, 5) is 25.3. The molecule has 1 spiro atoms. The predicted molar refractivity (Wildman–Crippen MR) is 169 cm³/mol. The Morgan fingerprint density at radius 3 is 2.43 bits per heavy atom. The molecular formula is C34H42N4O5S. The quantitative estimate of drug-likeness (QED) is 0.373. The van der Waals surface area contributed by atoms with E-state index in [0.29, 0.717) is 35.1 Å². The largest absolute Gasteiger partial charge is 0.475 e. The van der Waals surface area contributed by atoms with Crippen molar-refractivity contribution in [3.8, 4) is 17.1 Å². The van der Waals surface area contributed by atoms with Gasteiger partial charge < -0.3 is 14.4 Å². The highest BCUT2D eigenvalue weighted by atomic mass is 32.2. The second-order valence-electron chi connectivity index (χ2n) is 13.3. The Kier molecular flexibility index (Phi) is 8.41. The molecule has 1 amide bonds. The van der Waals surface area contributed by atoms with Crippen molar-refractivity contribution < 1.29 is 22.7 Å². The van der Waals surface area contributed by atoms with E-state index in [1.165, 1.54) is 12.1 Å². The minimum Gasteiger partial charge on any atom is -0.475 e. The smallest absolute Gasteiger partial charge is 0.264 e. The van der Waals surface area contributed by atoms with Crippen LogP contribution in [0.4, 0.5) is 5.95 Å². The summed E-state index contributed by atoms with van der Waals surface area (Å²) in [5, 5.41) is 0. The van der Waals surface area contributed by atoms with Crippen LogP contribution in [0.15, 0.2) is 53.4 Å². The van der Waals surface area contributed by atoms with Crippen molar-refractivity contribution in [1.29, 1.82) is 0 Å². The van der Waals surface area contributed by atoms with Crippen molar-refractivity contribution in [3.05, 3.63) is 65.2 Å². The van der Waals surface area contributed by atoms with Crippen molar-refractivity contribution in [1.82, 2.24) is 14.9 Å². The normalized spacial score (nSPS) is 21.4. The number of ether oxygens (including phenoxy) is 2. The number of rotatable bonds is 5. The summed E-state index contributed by atoms with van der Waals surface area (Å²) < 4.78 is 41.7. The molecule has 2 aromatic carbocycles. The van der Waals surface area contributed by atoms with Crippen LogP contribution in [0.1, 0.15) is 67.4 Å². The molecule has 1 atom stereocenters. The van der Waals surface area contributed by atoms with E-state index in [1.807, 2.05) is 36.9 Å². The molecule has 10 heteroatoms. The first-order valence-electron chi connectivity index (χ1n) is 15.6. The van der Waals surface area contributed by atoms with Gasteiger partial charge in [0.15, 0.2) is 0 Å². The molecule has 1 aliphatic carbocycles. The van der Waals surface area contributed by atoms with Crippen molar-refractivity contribution >= 4 is 21.9 Å². The van der Waals surface area contributed by atoms with Crippen LogP contribution in [0.2, 0.25) is 0 Å². The summed E-state index contributed by atoms with van der Waals surface area (Å²) in [6.45, 7) is 10.7. The van der Waals surface area contributed by atoms with Crippen LogP contribution in [0, 0.1) is 31.1 Å². The third-order valence-corrected chi connectivity index (χ3v) is 10.7. The van der Waals surface area contributed by atoms with E-state index in [-0.39, 0.29) is 35.3 Å². The Morgan fingerprint density at radius 2 is 1.73 bits per heavy atom. The summed E-state index contributed by atoms with van der Waals surface area (Å²) >= 11 is 0. The molecular weight excluding hydrogens is 576 g/mol. The molecule has 4 bridgehead atoms. The van der Waals surface area contributed by atoms with Crippen molar-refractivity contribution in [2.45, 2.75) is 70.7 Å². The van der Waals surface area contributed by atoms with E-state index in [0.717, 1.165) is 62.0 Å². The Balaban J connectivity index is 1.41. The Morgan fingerprint density at radius 1 is 1.02 bits per heavy atom. The zero-order valence-corrected chi connectivity index (χ0v) is 26.8. The molecule has 1 N–H and O–H groups in total. The number of amides is 1. The number of carbonyl (C=O) groups excluding carboxylic acids is 1. The van der Waals surface area contributed by atoms with E-state index in [1.54, 1.807) is 18.2 Å². The first-order chi connectivity index (χ1) is 21.0. The van der Waals surface area contributed by atoms with Crippen molar-refractivity contribution in [2.24, 2.45) is 17.3 Å². The van der Waals surface area contributed by atoms with E-state index in [9.17, 15) is 13.2 Å². The van der Waals surface area contributed by atoms with Crippen molar-refractivity contribution in [2.75, 3.05) is 31.1 Å². The maximum absolute atomic E-state index is 14.3. The average molecular weight is 619 g/mol. The number of nitrogens with one attached hydrogen (secondary N) is 1. The van der Waals surface area contributed by atoms with Crippen molar-refractivity contribution in [3.63, 3.8) is 0 Å². The highest BCUT2D eigenvalue weighted by Gasteiger charge is 2.46. The summed E-state index contributed by atoms with van der Waals surface area (Å²) in [6.07, 6.45) is 5.02. The topological polar surface area (TPSA) is 111 Å². The SMILES string of the molecule is Cc1cccc(C)c1-c1cc2nc(n1)NS(=O)(=O)c1cccc(c1)C(=O)N(CC1CC3(CCOCC3)C1)[C@H](CC(C)C)CO2. The third-order valence-electron chi connectivity index (χ3n) is 9.38. The standard InChI is InChI=1S/C34H42N4O5S/c1-22(2)15-27-21-43-30-17-29(31-23(3)7-5-8-24(31)4)35-33(36-30)37-44(40,41)28-10-6-9-26(16-28)32(39)38(27)20-25-18-34(19-25)11-13-42-14-12-34/h5-10,16-17,22,25,27H,11-15,18-21H2,1-4H3,(H,35,36,37)/t27-/m1/s1. The fourth-order valence-corrected chi connectivity index (χ4v) is 8.22. The molecule has 2 aliphatic heterocycles. The fraction of sp³-hybridized carbons (Fsp3) is 0.500. The van der Waals surface area contributed by atoms with E-state index >= 15 is 0 Å². The minimum atomic E-state index is -4.10. The molecule has 9 nitrogen and oxygen atoms in total. The molecule has 1 saturated heterocycles. The van der Waals surface area contributed by atoms with Gasteiger partial charge in [-0.3, -0.25) is 4.79 Å². The highest BCUT2D eigenvalue weighted by Crippen LogP contribution is 2.52. The number of carbonyl (C=O) groups is 1. The number of hydrogen-bond donors (Lipinski definition) is 1. The Bertz CT molecular complexity index is 1620. The second-order valence-corrected chi connectivity index (χ2v) is 14.9. The lowest BCUT2D eigenvalue weighted by Gasteiger charge is -2.52. The van der Waals surface area contributed by atoms with Crippen LogP contribution in [-0.2, 0) is 14.8 Å². The van der Waals surface area contributed by atoms with Gasteiger partial charge in [0.25, 0.3) is 15.9 Å². The lowest BCUT2D eigenvalue weighted by molar-refractivity contribution is -0.0675. The number of anilines is 1. The van der Waals surface area contributed by atoms with E-state index < -0.39 is 10.0 Å². The van der Waals surface area contributed by atoms with Gasteiger partial charge in [0.05, 0.1) is 16.6 Å². The van der Waals surface area contributed by atoms with Gasteiger partial charge in [0, 0.05) is 37.0 Å². The predicted octanol–water partition coefficient (Wildman–Crippen LogP) is 6.02. The molecule has 6 rings (SSSR count). The summed E-state index contributed by atoms with van der Waals surface area (Å²) in [5.41, 5.74) is 4.13. The van der Waals surface area contributed by atoms with E-state index in [2.05, 4.69) is 28.5 Å². The lowest BCUT2D eigenvalue weighted by Crippen LogP contribution is -2.51. The van der Waals surface area contributed by atoms with Gasteiger partial charge in [-0.2, -0.15) is 4.98 Å². The molecule has 1 saturated carbocycles. The number of aryl methyl sites for hydroxylation is 2. The molecule has 234 valence electrons. The van der Waals surface area contributed by atoms with Crippen LogP contribution in [-0.4, -0.2) is 61.6 Å². The third kappa shape index (κ3) is 6.33. The number of sulfonamides is 1. The number of fused-ring (bicyclic) bond motifs is 4. The zero-order chi connectivity index (χ0) is 31.1. The van der Waals surface area contributed by atoms with Gasteiger partial charge in [0.2, 0.25) is 11.8 Å². The van der Waals surface area contributed by atoms with Gasteiger partial charge in [-0.25, -0.2) is 18.1 Å². The van der Waals surface area contributed by atoms with Gasteiger partial charge in [-0.15, -0.1) is 0 Å². The lowest BCUT2D eigenvalue weighted by atomic mass is 9.58. The number of benzene rings is 2. The summed E-state index contributed by atoms with van der Waals surface area (Å²) in [6, 6.07) is 13.8. The van der Waals surface area contributed by atoms with Crippen LogP contribution in [0.3, 0.4) is 0 Å². The molecule has 3 heterocycles. The summed E-state index contributed by atoms with van der Waals surface area (Å²) in [7, 11) is -4.10. The van der Waals surface area contributed by atoms with Gasteiger partial charge in [-0.1, -0.05) is 38.1 Å². The van der Waals surface area contributed by atoms with Crippen LogP contribution in [0.5, 0.6) is 5.88 Å². The highest BCUT2D eigenvalue weighted by molar-refractivity contribution is 7.92. The molecule has 0 radical (unpaired) electrons. The van der Waals surface area contributed by atoms with Crippen LogP contribution in [0.25, 0.3) is 11.3 Å². The van der Waals surface area contributed by atoms with Gasteiger partial charge >= 0.3 is 0 Å². The zero-order valence-electron chi connectivity index (χ0n) is 26.0. The Labute approximate surface area is 260 Å². The number of aromatic nitrogens is 2. The van der Waals surface area contributed by atoms with Crippen LogP contribution < -0.4 is 9.46 Å². The molecule has 3 aliphatic rings. The molecule has 1 aromatic heterocycles. The Hall–Kier alpha value is -3.50. The molecule has 2 fully saturated rings. The molecule has 44 heavy (non-hydrogen) atoms. The molecule has 3 aromatic rings. The van der Waals surface area contributed by atoms with E-state index in [4.69, 9.17) is 9.47 Å². The fourth-order valence-electron chi connectivity index (χ4n) is 7.23. The minimum absolute atomic E-state index is 0.0173. The maximum atomic E-state index is 14.3. The maximum Gasteiger partial charge on any atom is 0.264 e. The molecule has 0 unspecified atom stereocenters. The monoisotopic (exact) mass is 618 g/mol. The average Bonchev–Trinajstić information content (AvgIpc) is 2.96. The van der Waals surface area contributed by atoms with Crippen LogP contribution >= 0.6 is 0 Å². The number of hydrogen-bond acceptors (Lipinski definition) is 7. The van der Waals surface area contributed by atoms with Gasteiger partial charge in [-0.05, 0) is 92.5 Å². The first kappa shape index (κ1) is 30.5. The first-order valence-corrected chi connectivity index (χ1v) is 17.1.